The Morgan fingerprint density at radius 2 is 1.31 bits per heavy atom. The molecule has 142 valence electrons. The molecule has 2 heterocycles. The molecule has 1 fully saturated rings. The fraction of sp³-hybridized carbons (Fsp3) is 0.286. The van der Waals surface area contributed by atoms with Crippen LogP contribution in [0.25, 0.3) is 0 Å². The Bertz CT molecular complexity index is 1010. The zero-order valence-electron chi connectivity index (χ0n) is 13.1. The first-order valence-corrected chi connectivity index (χ1v) is 12.2. The minimum absolute atomic E-state index is 0.0267. The van der Waals surface area contributed by atoms with E-state index in [1.165, 1.54) is 38.9 Å². The number of piperazine rings is 1. The summed E-state index contributed by atoms with van der Waals surface area (Å²) in [6.07, 6.45) is 0. The van der Waals surface area contributed by atoms with Crippen LogP contribution >= 0.6 is 46.1 Å². The van der Waals surface area contributed by atoms with Gasteiger partial charge in [0.15, 0.2) is 0 Å². The van der Waals surface area contributed by atoms with Gasteiger partial charge in [-0.05, 0) is 30.3 Å². The lowest BCUT2D eigenvalue weighted by atomic mass is 10.4. The number of rotatable bonds is 4. The summed E-state index contributed by atoms with van der Waals surface area (Å²) in [6.45, 7) is 0.136. The Labute approximate surface area is 171 Å². The number of benzene rings is 1. The van der Waals surface area contributed by atoms with Crippen LogP contribution in [0.1, 0.15) is 0 Å². The molecular weight excluding hydrogens is 463 g/mol. The van der Waals surface area contributed by atoms with Gasteiger partial charge in [0.05, 0.1) is 9.23 Å². The molecule has 0 radical (unpaired) electrons. The molecule has 6 nitrogen and oxygen atoms in total. The predicted octanol–water partition coefficient (Wildman–Crippen LogP) is 3.40. The summed E-state index contributed by atoms with van der Waals surface area (Å²) in [5.74, 6) is 0. The molecular formula is C14H13Cl3N2O4S3. The molecule has 1 saturated heterocycles. The zero-order valence-corrected chi connectivity index (χ0v) is 17.8. The van der Waals surface area contributed by atoms with Crippen LogP contribution in [-0.2, 0) is 20.0 Å². The molecule has 0 unspecified atom stereocenters. The van der Waals surface area contributed by atoms with E-state index in [0.29, 0.717) is 5.02 Å². The summed E-state index contributed by atoms with van der Waals surface area (Å²) < 4.78 is 53.5. The van der Waals surface area contributed by atoms with Gasteiger partial charge >= 0.3 is 0 Å². The van der Waals surface area contributed by atoms with E-state index in [9.17, 15) is 16.8 Å². The van der Waals surface area contributed by atoms with Crippen LogP contribution in [0.4, 0.5) is 0 Å². The van der Waals surface area contributed by atoms with E-state index < -0.39 is 20.0 Å². The minimum atomic E-state index is -3.82. The fourth-order valence-corrected chi connectivity index (χ4v) is 7.63. The lowest BCUT2D eigenvalue weighted by Crippen LogP contribution is -2.50. The second-order valence-electron chi connectivity index (χ2n) is 5.45. The summed E-state index contributed by atoms with van der Waals surface area (Å²) in [5, 5.41) is 0.436. The number of halogens is 3. The average Bonchev–Trinajstić information content (AvgIpc) is 2.94. The van der Waals surface area contributed by atoms with Crippen molar-refractivity contribution >= 4 is 66.2 Å². The predicted molar refractivity (Wildman–Crippen MR) is 103 cm³/mol. The van der Waals surface area contributed by atoms with Crippen molar-refractivity contribution in [2.24, 2.45) is 0 Å². The van der Waals surface area contributed by atoms with E-state index in [-0.39, 0.29) is 44.6 Å². The third-order valence-corrected chi connectivity index (χ3v) is 9.71. The van der Waals surface area contributed by atoms with Gasteiger partial charge in [-0.1, -0.05) is 34.8 Å². The Morgan fingerprint density at radius 1 is 0.808 bits per heavy atom. The maximum absolute atomic E-state index is 12.7. The number of sulfonamides is 2. The summed E-state index contributed by atoms with van der Waals surface area (Å²) >= 11 is 18.5. The monoisotopic (exact) mass is 474 g/mol. The van der Waals surface area contributed by atoms with E-state index in [4.69, 9.17) is 34.8 Å². The van der Waals surface area contributed by atoms with Gasteiger partial charge in [0.2, 0.25) is 20.0 Å². The van der Waals surface area contributed by atoms with Crippen LogP contribution in [0, 0.1) is 0 Å². The largest absolute Gasteiger partial charge is 0.245 e. The Morgan fingerprint density at radius 3 is 1.77 bits per heavy atom. The molecule has 3 rings (SSSR count). The molecule has 26 heavy (non-hydrogen) atoms. The van der Waals surface area contributed by atoms with Crippen molar-refractivity contribution in [1.29, 1.82) is 0 Å². The van der Waals surface area contributed by atoms with E-state index >= 15 is 0 Å². The number of nitrogens with zero attached hydrogens (tertiary/aromatic N) is 2. The highest BCUT2D eigenvalue weighted by Gasteiger charge is 2.35. The Hall–Kier alpha value is -0.390. The van der Waals surface area contributed by atoms with E-state index in [1.54, 1.807) is 0 Å². The third kappa shape index (κ3) is 3.90. The zero-order chi connectivity index (χ0) is 19.1. The van der Waals surface area contributed by atoms with Crippen molar-refractivity contribution in [3.63, 3.8) is 0 Å². The van der Waals surface area contributed by atoms with Crippen molar-refractivity contribution in [3.8, 4) is 0 Å². The summed E-state index contributed by atoms with van der Waals surface area (Å²) in [7, 11) is -7.53. The lowest BCUT2D eigenvalue weighted by molar-refractivity contribution is 0.273. The van der Waals surface area contributed by atoms with Gasteiger partial charge in [0.25, 0.3) is 0 Å². The maximum atomic E-state index is 12.7. The molecule has 0 bridgehead atoms. The standard InChI is InChI=1S/C14H13Cl3N2O4S3/c15-10-1-3-11(4-2-10)25(20,21)18-5-7-19(8-6-18)26(22,23)12-9-13(16)24-14(12)17/h1-4,9H,5-8H2. The third-order valence-electron chi connectivity index (χ3n) is 3.89. The first-order valence-electron chi connectivity index (χ1n) is 7.33. The van der Waals surface area contributed by atoms with E-state index in [2.05, 4.69) is 0 Å². The number of thiophene rings is 1. The highest BCUT2D eigenvalue weighted by atomic mass is 35.5. The topological polar surface area (TPSA) is 74.8 Å². The molecule has 0 aliphatic carbocycles. The first kappa shape index (κ1) is 20.3. The molecule has 1 aliphatic heterocycles. The van der Waals surface area contributed by atoms with Crippen molar-refractivity contribution < 1.29 is 16.8 Å². The Kier molecular flexibility index (Phi) is 5.91. The SMILES string of the molecule is O=S(=O)(c1ccc(Cl)cc1)N1CCN(S(=O)(=O)c2cc(Cl)sc2Cl)CC1. The summed E-state index contributed by atoms with van der Waals surface area (Å²) in [4.78, 5) is 0.0639. The molecule has 0 atom stereocenters. The smallest absolute Gasteiger partial charge is 0.207 e. The molecule has 1 aromatic heterocycles. The maximum Gasteiger partial charge on any atom is 0.245 e. The van der Waals surface area contributed by atoms with Crippen LogP contribution in [0.5, 0.6) is 0 Å². The van der Waals surface area contributed by atoms with Gasteiger partial charge < -0.3 is 0 Å². The minimum Gasteiger partial charge on any atom is -0.207 e. The molecule has 1 aromatic carbocycles. The lowest BCUT2D eigenvalue weighted by Gasteiger charge is -2.33. The van der Waals surface area contributed by atoms with Crippen LogP contribution < -0.4 is 0 Å². The van der Waals surface area contributed by atoms with Gasteiger partial charge in [-0.3, -0.25) is 0 Å². The second-order valence-corrected chi connectivity index (χ2v) is 12.0. The van der Waals surface area contributed by atoms with Crippen LogP contribution in [0.2, 0.25) is 13.7 Å². The average molecular weight is 476 g/mol. The Balaban J connectivity index is 1.77. The van der Waals surface area contributed by atoms with Crippen molar-refractivity contribution in [1.82, 2.24) is 8.61 Å². The summed E-state index contributed by atoms with van der Waals surface area (Å²) in [5.41, 5.74) is 0. The van der Waals surface area contributed by atoms with Crippen LogP contribution in [0.15, 0.2) is 40.1 Å². The van der Waals surface area contributed by atoms with Crippen molar-refractivity contribution in [3.05, 3.63) is 44.0 Å². The number of hydrogen-bond acceptors (Lipinski definition) is 5. The van der Waals surface area contributed by atoms with Gasteiger partial charge in [0.1, 0.15) is 9.23 Å². The van der Waals surface area contributed by atoms with Crippen molar-refractivity contribution in [2.75, 3.05) is 26.2 Å². The molecule has 0 N–H and O–H groups in total. The molecule has 0 saturated carbocycles. The molecule has 1 aliphatic rings. The first-order chi connectivity index (χ1) is 12.1. The van der Waals surface area contributed by atoms with Crippen molar-refractivity contribution in [2.45, 2.75) is 9.79 Å². The second kappa shape index (κ2) is 7.56. The fourth-order valence-electron chi connectivity index (χ4n) is 2.55. The van der Waals surface area contributed by atoms with Crippen LogP contribution in [0.3, 0.4) is 0 Å². The molecule has 0 amide bonds. The van der Waals surface area contributed by atoms with Gasteiger partial charge in [-0.15, -0.1) is 11.3 Å². The highest BCUT2D eigenvalue weighted by Crippen LogP contribution is 2.36. The summed E-state index contributed by atoms with van der Waals surface area (Å²) in [6, 6.07) is 7.15. The quantitative estimate of drug-likeness (QED) is 0.679. The van der Waals surface area contributed by atoms with E-state index in [1.807, 2.05) is 0 Å². The van der Waals surface area contributed by atoms with Gasteiger partial charge in [-0.2, -0.15) is 8.61 Å². The molecule has 12 heteroatoms. The van der Waals surface area contributed by atoms with Gasteiger partial charge in [-0.25, -0.2) is 16.8 Å². The molecule has 2 aromatic rings. The van der Waals surface area contributed by atoms with Gasteiger partial charge in [0, 0.05) is 31.2 Å². The number of hydrogen-bond donors (Lipinski definition) is 0. The highest BCUT2D eigenvalue weighted by molar-refractivity contribution is 7.89. The molecule has 0 spiro atoms. The normalized spacial score (nSPS) is 17.5. The van der Waals surface area contributed by atoms with E-state index in [0.717, 1.165) is 11.3 Å². The van der Waals surface area contributed by atoms with Crippen LogP contribution in [-0.4, -0.2) is 51.6 Å².